The summed E-state index contributed by atoms with van der Waals surface area (Å²) in [6, 6.07) is 7.37. The number of fused-ring (bicyclic) bond motifs is 3. The first kappa shape index (κ1) is 33.3. The van der Waals surface area contributed by atoms with Gasteiger partial charge in [-0.15, -0.1) is 0 Å². The van der Waals surface area contributed by atoms with Gasteiger partial charge in [0.05, 0.1) is 16.0 Å². The number of carboxylic acid groups (broad SMARTS) is 2. The molecule has 5 rings (SSSR count). The van der Waals surface area contributed by atoms with E-state index in [2.05, 4.69) is 0 Å². The molecule has 3 aromatic carbocycles. The lowest BCUT2D eigenvalue weighted by molar-refractivity contribution is -0.348. The number of carboxylic acids is 2. The number of sulfone groups is 1. The monoisotopic (exact) mass is 677 g/mol. The van der Waals surface area contributed by atoms with E-state index < -0.39 is 62.0 Å². The maximum absolute atomic E-state index is 15.0. The summed E-state index contributed by atoms with van der Waals surface area (Å²) in [4.78, 5) is 24.6. The highest BCUT2D eigenvalue weighted by Gasteiger charge is 2.73. The van der Waals surface area contributed by atoms with E-state index in [9.17, 15) is 63.3 Å². The minimum atomic E-state index is -6.39. The Morgan fingerprint density at radius 3 is 2.07 bits per heavy atom. The van der Waals surface area contributed by atoms with Crippen LogP contribution in [0.25, 0.3) is 0 Å². The van der Waals surface area contributed by atoms with Gasteiger partial charge in [0, 0.05) is 24.7 Å². The third kappa shape index (κ3) is 5.01. The van der Waals surface area contributed by atoms with Crippen molar-refractivity contribution in [2.45, 2.75) is 59.5 Å². The maximum Gasteiger partial charge on any atom is 0.435 e. The van der Waals surface area contributed by atoms with Gasteiger partial charge in [-0.3, -0.25) is 4.90 Å². The number of carbonyl (C=O) groups is 2. The van der Waals surface area contributed by atoms with Crippen molar-refractivity contribution < 1.29 is 63.3 Å². The second-order valence-corrected chi connectivity index (χ2v) is 13.3. The lowest BCUT2D eigenvalue weighted by Gasteiger charge is -2.43. The van der Waals surface area contributed by atoms with Crippen LogP contribution in [0.5, 0.6) is 0 Å². The second kappa shape index (κ2) is 11.0. The van der Waals surface area contributed by atoms with Crippen LogP contribution in [-0.2, 0) is 33.2 Å². The van der Waals surface area contributed by atoms with E-state index in [1.165, 1.54) is 6.07 Å². The molecule has 1 heterocycles. The summed E-state index contributed by atoms with van der Waals surface area (Å²) in [6.45, 7) is -0.264. The number of likely N-dealkylation sites (tertiary alicyclic amines) is 1. The molecule has 1 saturated heterocycles. The lowest BCUT2D eigenvalue weighted by atomic mass is 9.76. The van der Waals surface area contributed by atoms with Crippen LogP contribution in [-0.4, -0.2) is 60.4 Å². The maximum atomic E-state index is 15.0. The number of aryl methyl sites for hydroxylation is 1. The molecule has 1 aliphatic carbocycles. The average molecular weight is 678 g/mol. The minimum absolute atomic E-state index is 0.0514. The zero-order valence-electron chi connectivity index (χ0n) is 23.3. The van der Waals surface area contributed by atoms with E-state index in [-0.39, 0.29) is 71.1 Å². The van der Waals surface area contributed by atoms with E-state index >= 15 is 0 Å². The van der Waals surface area contributed by atoms with Gasteiger partial charge < -0.3 is 10.2 Å². The Morgan fingerprint density at radius 2 is 1.50 bits per heavy atom. The van der Waals surface area contributed by atoms with E-state index in [0.29, 0.717) is 6.07 Å². The Balaban J connectivity index is 1.67. The Morgan fingerprint density at radius 1 is 0.870 bits per heavy atom. The van der Waals surface area contributed by atoms with Crippen molar-refractivity contribution in [2.24, 2.45) is 0 Å². The quantitative estimate of drug-likeness (QED) is 0.220. The van der Waals surface area contributed by atoms with Gasteiger partial charge in [0.25, 0.3) is 0 Å². The number of hydrogen-bond acceptors (Lipinski definition) is 5. The largest absolute Gasteiger partial charge is 0.478 e. The molecule has 0 amide bonds. The highest BCUT2D eigenvalue weighted by atomic mass is 32.2. The van der Waals surface area contributed by atoms with E-state index in [1.54, 1.807) is 4.90 Å². The number of alkyl halides is 7. The van der Waals surface area contributed by atoms with Gasteiger partial charge in [0.1, 0.15) is 10.6 Å². The fraction of sp³-hybridized carbons (Fsp3) is 0.333. The van der Waals surface area contributed by atoms with Crippen molar-refractivity contribution >= 4 is 21.8 Å². The first-order valence-corrected chi connectivity index (χ1v) is 15.0. The Bertz CT molecular complexity index is 1810. The Hall–Kier alpha value is -4.05. The second-order valence-electron chi connectivity index (χ2n) is 11.1. The fourth-order valence-electron chi connectivity index (χ4n) is 6.60. The molecule has 246 valence electrons. The van der Waals surface area contributed by atoms with Crippen molar-refractivity contribution in [3.63, 3.8) is 0 Å². The van der Waals surface area contributed by atoms with Crippen LogP contribution in [0.2, 0.25) is 0 Å². The van der Waals surface area contributed by atoms with E-state index in [1.807, 2.05) is 0 Å². The molecule has 0 unspecified atom stereocenters. The van der Waals surface area contributed by atoms with Crippen LogP contribution in [0.15, 0.2) is 65.6 Å². The van der Waals surface area contributed by atoms with Crippen molar-refractivity contribution in [1.82, 2.24) is 4.90 Å². The van der Waals surface area contributed by atoms with Gasteiger partial charge in [-0.05, 0) is 72.4 Å². The standard InChI is InChI=1S/C30H23F8NO6S/c31-20-5-7-21(8-6-20)46(44,45)27-11-12-39(15-18-2-1-17(25(40)41)14-22(18)26(42)43)24(27)10-3-16-13-19(4-9-23(16)27)28(32,29(33,34)35)30(36,37)38/h1-2,4-9,13-14,24H,3,10-12,15H2,(H,40,41)(H,42,43)/t24-,27-/m0/s1. The average Bonchev–Trinajstić information content (AvgIpc) is 3.35. The molecule has 0 radical (unpaired) electrons. The molecule has 0 saturated carbocycles. The van der Waals surface area contributed by atoms with E-state index in [0.717, 1.165) is 42.5 Å². The van der Waals surface area contributed by atoms with Gasteiger partial charge in [-0.2, -0.15) is 26.3 Å². The summed E-state index contributed by atoms with van der Waals surface area (Å²) in [5.74, 6) is -3.64. The van der Waals surface area contributed by atoms with Crippen LogP contribution < -0.4 is 0 Å². The molecule has 2 N–H and O–H groups in total. The summed E-state index contributed by atoms with van der Waals surface area (Å²) in [7, 11) is -4.61. The van der Waals surface area contributed by atoms with Crippen LogP contribution in [0, 0.1) is 5.82 Å². The Labute approximate surface area is 256 Å². The van der Waals surface area contributed by atoms with Crippen molar-refractivity contribution in [3.8, 4) is 0 Å². The van der Waals surface area contributed by atoms with Crippen LogP contribution in [0.1, 0.15) is 55.8 Å². The lowest BCUT2D eigenvalue weighted by Crippen LogP contribution is -2.52. The van der Waals surface area contributed by atoms with Crippen molar-refractivity contribution in [1.29, 1.82) is 0 Å². The van der Waals surface area contributed by atoms with Crippen LogP contribution in [0.4, 0.5) is 35.1 Å². The first-order chi connectivity index (χ1) is 21.3. The van der Waals surface area contributed by atoms with Crippen molar-refractivity contribution in [2.75, 3.05) is 6.54 Å². The smallest absolute Gasteiger partial charge is 0.435 e. The topological polar surface area (TPSA) is 112 Å². The molecular formula is C30H23F8NO6S. The molecule has 16 heteroatoms. The summed E-state index contributed by atoms with van der Waals surface area (Å²) < 4.78 is 137. The Kier molecular flexibility index (Phi) is 7.99. The SMILES string of the molecule is O=C(O)c1ccc(CN2CC[C@]3(S(=O)(=O)c4ccc(F)cc4)c4ccc(C(F)(C(F)(F)F)C(F)(F)F)cc4CC[C@H]23)c(C(=O)O)c1. The van der Waals surface area contributed by atoms with E-state index in [4.69, 9.17) is 0 Å². The molecule has 46 heavy (non-hydrogen) atoms. The number of nitrogens with zero attached hydrogens (tertiary/aromatic N) is 1. The van der Waals surface area contributed by atoms with Gasteiger partial charge in [0.15, 0.2) is 9.84 Å². The third-order valence-corrected chi connectivity index (χ3v) is 11.3. The zero-order chi connectivity index (χ0) is 34.0. The molecule has 1 fully saturated rings. The summed E-state index contributed by atoms with van der Waals surface area (Å²) in [5, 5.41) is 19.0. The van der Waals surface area contributed by atoms with Crippen LogP contribution >= 0.6 is 0 Å². The molecule has 2 aliphatic rings. The third-order valence-electron chi connectivity index (χ3n) is 8.74. The number of benzene rings is 3. The molecule has 3 aromatic rings. The summed E-state index contributed by atoms with van der Waals surface area (Å²) >= 11 is 0. The molecule has 1 aliphatic heterocycles. The van der Waals surface area contributed by atoms with Crippen molar-refractivity contribution in [3.05, 3.63) is 99.9 Å². The van der Waals surface area contributed by atoms with Gasteiger partial charge in [-0.1, -0.05) is 24.3 Å². The van der Waals surface area contributed by atoms with Gasteiger partial charge in [-0.25, -0.2) is 26.8 Å². The number of halogens is 8. The first-order valence-electron chi connectivity index (χ1n) is 13.6. The zero-order valence-corrected chi connectivity index (χ0v) is 24.1. The number of aromatic carboxylic acids is 2. The molecule has 0 bridgehead atoms. The molecule has 7 nitrogen and oxygen atoms in total. The highest BCUT2D eigenvalue weighted by molar-refractivity contribution is 7.92. The van der Waals surface area contributed by atoms with Crippen LogP contribution in [0.3, 0.4) is 0 Å². The molecule has 0 spiro atoms. The highest BCUT2D eigenvalue weighted by Crippen LogP contribution is 2.56. The van der Waals surface area contributed by atoms with Gasteiger partial charge in [0.2, 0.25) is 0 Å². The normalized spacial score (nSPS) is 20.7. The van der Waals surface area contributed by atoms with Gasteiger partial charge >= 0.3 is 30.0 Å². The summed E-state index contributed by atoms with van der Waals surface area (Å²) in [6.07, 6.45) is -13.5. The predicted octanol–water partition coefficient (Wildman–Crippen LogP) is 6.40. The molecular weight excluding hydrogens is 654 g/mol. The minimum Gasteiger partial charge on any atom is -0.478 e. The number of hydrogen-bond donors (Lipinski definition) is 2. The predicted molar refractivity (Wildman–Crippen MR) is 144 cm³/mol. The fourth-order valence-corrected chi connectivity index (χ4v) is 8.99. The number of rotatable bonds is 7. The molecule has 2 atom stereocenters. The molecule has 0 aromatic heterocycles. The summed E-state index contributed by atoms with van der Waals surface area (Å²) in [5.41, 5.74) is -8.51.